The molecule has 1 atom stereocenters. The Morgan fingerprint density at radius 2 is 2.00 bits per heavy atom. The number of aliphatic hydroxyl groups excluding tert-OH is 1. The zero-order valence-electron chi connectivity index (χ0n) is 14.3. The van der Waals surface area contributed by atoms with Crippen LogP contribution in [0.1, 0.15) is 15.2 Å². The van der Waals surface area contributed by atoms with Gasteiger partial charge in [0.25, 0.3) is 5.91 Å². The highest BCUT2D eigenvalue weighted by molar-refractivity contribution is 7.17. The second-order valence-corrected chi connectivity index (χ2v) is 6.82. The molecular weight excluding hydrogens is 348 g/mol. The van der Waals surface area contributed by atoms with Crippen molar-refractivity contribution in [3.63, 3.8) is 0 Å². The van der Waals surface area contributed by atoms with Crippen LogP contribution in [-0.2, 0) is 6.42 Å². The van der Waals surface area contributed by atoms with E-state index in [0.717, 1.165) is 16.1 Å². The third-order valence-electron chi connectivity index (χ3n) is 3.77. The molecule has 3 N–H and O–H groups in total. The molecule has 0 spiro atoms. The van der Waals surface area contributed by atoms with Crippen LogP contribution in [-0.4, -0.2) is 40.7 Å². The highest BCUT2D eigenvalue weighted by atomic mass is 32.1. The summed E-state index contributed by atoms with van der Waals surface area (Å²) < 4.78 is 0. The van der Waals surface area contributed by atoms with Crippen LogP contribution < -0.4 is 10.6 Å². The number of benzene rings is 1. The topological polar surface area (TPSA) is 87.1 Å². The fourth-order valence-corrected chi connectivity index (χ4v) is 3.36. The maximum atomic E-state index is 12.3. The molecule has 0 radical (unpaired) electrons. The number of hydrogen-bond donors (Lipinski definition) is 3. The van der Waals surface area contributed by atoms with Gasteiger partial charge in [-0.1, -0.05) is 30.3 Å². The number of hydrogen-bond acceptors (Lipinski definition) is 6. The molecule has 0 aliphatic heterocycles. The smallest absolute Gasteiger partial charge is 0.261 e. The highest BCUT2D eigenvalue weighted by Gasteiger charge is 2.13. The Morgan fingerprint density at radius 3 is 2.77 bits per heavy atom. The fourth-order valence-electron chi connectivity index (χ4n) is 2.47. The molecule has 1 aromatic carbocycles. The predicted molar refractivity (Wildman–Crippen MR) is 103 cm³/mol. The average Bonchev–Trinajstić information content (AvgIpc) is 3.17. The first-order valence-electron chi connectivity index (χ1n) is 8.27. The third-order valence-corrected chi connectivity index (χ3v) is 4.88. The average molecular weight is 368 g/mol. The molecule has 0 aliphatic rings. The molecule has 0 saturated heterocycles. The summed E-state index contributed by atoms with van der Waals surface area (Å²) in [6.45, 7) is 0.207. The molecule has 0 aliphatic carbocycles. The third kappa shape index (κ3) is 4.65. The van der Waals surface area contributed by atoms with Crippen LogP contribution in [0.5, 0.6) is 0 Å². The lowest BCUT2D eigenvalue weighted by atomic mass is 10.1. The number of rotatable bonds is 7. The number of carbonyl (C=O) groups is 1. The lowest BCUT2D eigenvalue weighted by Gasteiger charge is -2.11. The Balaban J connectivity index is 1.57. The number of thiophene rings is 1. The first-order chi connectivity index (χ1) is 12.7. The van der Waals surface area contributed by atoms with Crippen molar-refractivity contribution in [3.05, 3.63) is 65.2 Å². The van der Waals surface area contributed by atoms with Gasteiger partial charge < -0.3 is 15.7 Å². The molecule has 6 nitrogen and oxygen atoms in total. The summed E-state index contributed by atoms with van der Waals surface area (Å²) in [5, 5.41) is 15.8. The minimum atomic E-state index is -0.624. The largest absolute Gasteiger partial charge is 0.391 e. The molecule has 2 aromatic heterocycles. The van der Waals surface area contributed by atoms with Gasteiger partial charge in [0.1, 0.15) is 0 Å². The van der Waals surface area contributed by atoms with Crippen molar-refractivity contribution in [2.24, 2.45) is 0 Å². The van der Waals surface area contributed by atoms with E-state index >= 15 is 0 Å². The zero-order valence-corrected chi connectivity index (χ0v) is 15.2. The molecule has 3 rings (SSSR count). The lowest BCUT2D eigenvalue weighted by molar-refractivity contribution is 0.0920. The molecule has 134 valence electrons. The molecule has 7 heteroatoms. The summed E-state index contributed by atoms with van der Waals surface area (Å²) in [5.41, 5.74) is 1.80. The molecule has 2 heterocycles. The van der Waals surface area contributed by atoms with E-state index in [-0.39, 0.29) is 12.5 Å². The molecular formula is C19H20N4O2S. The number of amides is 1. The summed E-state index contributed by atoms with van der Waals surface area (Å²) in [4.78, 5) is 22.2. The maximum absolute atomic E-state index is 12.3. The maximum Gasteiger partial charge on any atom is 0.261 e. The minimum absolute atomic E-state index is 0.198. The van der Waals surface area contributed by atoms with E-state index in [0.29, 0.717) is 17.2 Å². The molecule has 3 aromatic rings. The number of aromatic nitrogens is 2. The van der Waals surface area contributed by atoms with Crippen LogP contribution in [0.3, 0.4) is 0 Å². The minimum Gasteiger partial charge on any atom is -0.391 e. The van der Waals surface area contributed by atoms with Gasteiger partial charge in [-0.3, -0.25) is 4.79 Å². The quantitative estimate of drug-likeness (QED) is 0.597. The van der Waals surface area contributed by atoms with Crippen molar-refractivity contribution in [1.82, 2.24) is 15.3 Å². The van der Waals surface area contributed by atoms with E-state index in [1.54, 1.807) is 25.4 Å². The monoisotopic (exact) mass is 368 g/mol. The van der Waals surface area contributed by atoms with E-state index in [2.05, 4.69) is 20.6 Å². The van der Waals surface area contributed by atoms with Gasteiger partial charge in [0.05, 0.1) is 21.6 Å². The summed E-state index contributed by atoms with van der Waals surface area (Å²) in [7, 11) is 1.76. The van der Waals surface area contributed by atoms with Crippen LogP contribution in [0, 0.1) is 0 Å². The SMILES string of the molecule is CNc1nccc(-c2ccc(C(=O)NCC(O)Cc3ccccc3)s2)n1. The summed E-state index contributed by atoms with van der Waals surface area (Å²) >= 11 is 1.36. The standard InChI is InChI=1S/C19H20N4O2S/c1-20-19-21-10-9-15(23-19)16-7-8-17(26-16)18(25)22-12-14(24)11-13-5-3-2-4-6-13/h2-10,14,24H,11-12H2,1H3,(H,22,25)(H,20,21,23). The molecule has 0 saturated carbocycles. The van der Waals surface area contributed by atoms with E-state index in [9.17, 15) is 9.90 Å². The highest BCUT2D eigenvalue weighted by Crippen LogP contribution is 2.26. The van der Waals surface area contributed by atoms with Crippen LogP contribution in [0.15, 0.2) is 54.7 Å². The van der Waals surface area contributed by atoms with Gasteiger partial charge in [-0.15, -0.1) is 11.3 Å². The second kappa shape index (κ2) is 8.55. The normalized spacial score (nSPS) is 11.8. The Kier molecular flexibility index (Phi) is 5.93. The number of nitrogens with one attached hydrogen (secondary N) is 2. The van der Waals surface area contributed by atoms with Crippen molar-refractivity contribution < 1.29 is 9.90 Å². The lowest BCUT2D eigenvalue weighted by Crippen LogP contribution is -2.32. The first kappa shape index (κ1) is 18.0. The van der Waals surface area contributed by atoms with Gasteiger partial charge in [0.15, 0.2) is 0 Å². The Morgan fingerprint density at radius 1 is 1.19 bits per heavy atom. The van der Waals surface area contributed by atoms with E-state index in [1.165, 1.54) is 11.3 Å². The van der Waals surface area contributed by atoms with E-state index < -0.39 is 6.10 Å². The predicted octanol–water partition coefficient (Wildman–Crippen LogP) is 2.58. The number of anilines is 1. The van der Waals surface area contributed by atoms with Gasteiger partial charge in [-0.05, 0) is 23.8 Å². The van der Waals surface area contributed by atoms with Crippen molar-refractivity contribution in [1.29, 1.82) is 0 Å². The van der Waals surface area contributed by atoms with Crippen LogP contribution >= 0.6 is 11.3 Å². The van der Waals surface area contributed by atoms with Gasteiger partial charge in [-0.25, -0.2) is 9.97 Å². The van der Waals surface area contributed by atoms with Crippen LogP contribution in [0.2, 0.25) is 0 Å². The first-order valence-corrected chi connectivity index (χ1v) is 9.08. The second-order valence-electron chi connectivity index (χ2n) is 5.73. The van der Waals surface area contributed by atoms with Gasteiger partial charge >= 0.3 is 0 Å². The van der Waals surface area contributed by atoms with Gasteiger partial charge in [0.2, 0.25) is 5.95 Å². The Bertz CT molecular complexity index is 867. The van der Waals surface area contributed by atoms with Crippen molar-refractivity contribution in [3.8, 4) is 10.6 Å². The zero-order chi connectivity index (χ0) is 18.4. The number of nitrogens with zero attached hydrogens (tertiary/aromatic N) is 2. The molecule has 0 bridgehead atoms. The van der Waals surface area contributed by atoms with Crippen LogP contribution in [0.4, 0.5) is 5.95 Å². The molecule has 1 unspecified atom stereocenters. The van der Waals surface area contributed by atoms with E-state index in [4.69, 9.17) is 0 Å². The fraction of sp³-hybridized carbons (Fsp3) is 0.211. The van der Waals surface area contributed by atoms with E-state index in [1.807, 2.05) is 36.4 Å². The summed E-state index contributed by atoms with van der Waals surface area (Å²) in [6.07, 6.45) is 1.55. The van der Waals surface area contributed by atoms with Crippen molar-refractivity contribution >= 4 is 23.2 Å². The molecule has 0 fully saturated rings. The summed E-state index contributed by atoms with van der Waals surface area (Å²) in [6, 6.07) is 15.1. The number of aliphatic hydroxyl groups is 1. The number of carbonyl (C=O) groups excluding carboxylic acids is 1. The van der Waals surface area contributed by atoms with Crippen molar-refractivity contribution in [2.75, 3.05) is 18.9 Å². The Labute approximate surface area is 156 Å². The molecule has 26 heavy (non-hydrogen) atoms. The molecule has 1 amide bonds. The summed E-state index contributed by atoms with van der Waals surface area (Å²) in [5.74, 6) is 0.335. The van der Waals surface area contributed by atoms with Crippen molar-refractivity contribution in [2.45, 2.75) is 12.5 Å². The van der Waals surface area contributed by atoms with Crippen LogP contribution in [0.25, 0.3) is 10.6 Å². The van der Waals surface area contributed by atoms with Gasteiger partial charge in [-0.2, -0.15) is 0 Å². The van der Waals surface area contributed by atoms with Gasteiger partial charge in [0, 0.05) is 26.2 Å². The Hall–Kier alpha value is -2.77.